The van der Waals surface area contributed by atoms with Gasteiger partial charge in [-0.25, -0.2) is 0 Å². The fourth-order valence-corrected chi connectivity index (χ4v) is 4.70. The third-order valence-corrected chi connectivity index (χ3v) is 6.05. The molecule has 0 aromatic heterocycles. The highest BCUT2D eigenvalue weighted by molar-refractivity contribution is 5.76. The molecule has 1 unspecified atom stereocenters. The Kier molecular flexibility index (Phi) is 7.12. The Morgan fingerprint density at radius 3 is 2.44 bits per heavy atom. The first kappa shape index (κ1) is 20.1. The van der Waals surface area contributed by atoms with Crippen LogP contribution < -0.4 is 4.74 Å². The summed E-state index contributed by atoms with van der Waals surface area (Å²) in [6, 6.07) is 8.05. The van der Waals surface area contributed by atoms with Crippen molar-refractivity contribution in [2.45, 2.75) is 77.7 Å². The molecular formula is C24H34O3. The molecule has 1 atom stereocenters. The van der Waals surface area contributed by atoms with Crippen LogP contribution in [0.25, 0.3) is 0 Å². The smallest absolute Gasteiger partial charge is 0.132 e. The zero-order chi connectivity index (χ0) is 19.1. The Hall–Kier alpha value is -1.61. The highest BCUT2D eigenvalue weighted by atomic mass is 16.5. The van der Waals surface area contributed by atoms with Crippen LogP contribution in [0.1, 0.15) is 83.3 Å². The summed E-state index contributed by atoms with van der Waals surface area (Å²) in [5.74, 6) is 1.04. The topological polar surface area (TPSA) is 35.5 Å². The fourth-order valence-electron chi connectivity index (χ4n) is 4.70. The second kappa shape index (κ2) is 9.54. The highest BCUT2D eigenvalue weighted by Gasteiger charge is 2.32. The van der Waals surface area contributed by atoms with E-state index in [0.717, 1.165) is 11.3 Å². The average molecular weight is 371 g/mol. The standard InChI is InChI=1S/C24H34O3/c1-3-26-23(16-19(2)25)21-9-11-22(12-10-21)27-18-20-8-7-15-24(17-20)13-5-4-6-14-24/h9-12,17,23H,3-8,13-16,18H2,1-2H3. The third kappa shape index (κ3) is 5.68. The minimum absolute atomic E-state index is 0.148. The van der Waals surface area contributed by atoms with E-state index in [0.29, 0.717) is 25.0 Å². The lowest BCUT2D eigenvalue weighted by Crippen LogP contribution is -2.25. The van der Waals surface area contributed by atoms with Gasteiger partial charge in [0.1, 0.15) is 18.1 Å². The Bertz CT molecular complexity index is 638. The van der Waals surface area contributed by atoms with Gasteiger partial charge in [0.05, 0.1) is 6.10 Å². The first-order valence-electron chi connectivity index (χ1n) is 10.6. The van der Waals surface area contributed by atoms with Gasteiger partial charge < -0.3 is 9.47 Å². The number of Topliss-reactive ketones (excluding diaryl/α,β-unsaturated/α-hetero) is 1. The normalized spacial score (nSPS) is 20.1. The first-order chi connectivity index (χ1) is 13.1. The molecule has 1 aromatic rings. The van der Waals surface area contributed by atoms with Crippen LogP contribution in [0.15, 0.2) is 35.9 Å². The van der Waals surface area contributed by atoms with Crippen molar-refractivity contribution in [2.75, 3.05) is 13.2 Å². The van der Waals surface area contributed by atoms with Gasteiger partial charge in [-0.3, -0.25) is 4.79 Å². The minimum Gasteiger partial charge on any atom is -0.489 e. The molecule has 1 saturated carbocycles. The molecule has 0 heterocycles. The van der Waals surface area contributed by atoms with Crippen molar-refractivity contribution in [3.63, 3.8) is 0 Å². The predicted molar refractivity (Wildman–Crippen MR) is 109 cm³/mol. The molecule has 0 N–H and O–H groups in total. The van der Waals surface area contributed by atoms with Crippen LogP contribution in [0.4, 0.5) is 0 Å². The molecule has 2 aliphatic rings. The Balaban J connectivity index is 1.59. The predicted octanol–water partition coefficient (Wildman–Crippen LogP) is 6.18. The van der Waals surface area contributed by atoms with Crippen LogP contribution in [0.3, 0.4) is 0 Å². The van der Waals surface area contributed by atoms with Crippen LogP contribution in [-0.2, 0) is 9.53 Å². The summed E-state index contributed by atoms with van der Waals surface area (Å²) in [5.41, 5.74) is 2.98. The van der Waals surface area contributed by atoms with Gasteiger partial charge in [-0.2, -0.15) is 0 Å². The molecule has 0 bridgehead atoms. The zero-order valence-electron chi connectivity index (χ0n) is 17.0. The van der Waals surface area contributed by atoms with Crippen molar-refractivity contribution in [3.05, 3.63) is 41.5 Å². The molecule has 3 nitrogen and oxygen atoms in total. The number of allylic oxidation sites excluding steroid dienone is 1. The van der Waals surface area contributed by atoms with Gasteiger partial charge >= 0.3 is 0 Å². The number of benzene rings is 1. The van der Waals surface area contributed by atoms with Crippen molar-refractivity contribution < 1.29 is 14.3 Å². The van der Waals surface area contributed by atoms with E-state index in [4.69, 9.17) is 9.47 Å². The fraction of sp³-hybridized carbons (Fsp3) is 0.625. The lowest BCUT2D eigenvalue weighted by Gasteiger charge is -2.38. The highest BCUT2D eigenvalue weighted by Crippen LogP contribution is 2.45. The zero-order valence-corrected chi connectivity index (χ0v) is 17.0. The van der Waals surface area contributed by atoms with Crippen LogP contribution in [0.5, 0.6) is 5.75 Å². The van der Waals surface area contributed by atoms with Gasteiger partial charge in [-0.15, -0.1) is 0 Å². The summed E-state index contributed by atoms with van der Waals surface area (Å²) in [7, 11) is 0. The van der Waals surface area contributed by atoms with Crippen LogP contribution in [0, 0.1) is 5.41 Å². The monoisotopic (exact) mass is 370 g/mol. The summed E-state index contributed by atoms with van der Waals surface area (Å²) in [5, 5.41) is 0. The molecular weight excluding hydrogens is 336 g/mol. The molecule has 0 amide bonds. The Morgan fingerprint density at radius 1 is 1.07 bits per heavy atom. The molecule has 3 rings (SSSR count). The van der Waals surface area contributed by atoms with Gasteiger partial charge in [-0.05, 0) is 74.6 Å². The second-order valence-electron chi connectivity index (χ2n) is 8.29. The van der Waals surface area contributed by atoms with E-state index in [1.165, 1.54) is 56.9 Å². The van der Waals surface area contributed by atoms with Crippen LogP contribution in [0.2, 0.25) is 0 Å². The van der Waals surface area contributed by atoms with E-state index >= 15 is 0 Å². The summed E-state index contributed by atoms with van der Waals surface area (Å²) in [4.78, 5) is 11.5. The van der Waals surface area contributed by atoms with Gasteiger partial charge in [-0.1, -0.05) is 37.5 Å². The number of carbonyl (C=O) groups is 1. The molecule has 1 fully saturated rings. The SMILES string of the molecule is CCOC(CC(C)=O)c1ccc(OCC2=CC3(CCCCC3)CCC2)cc1. The van der Waals surface area contributed by atoms with Crippen molar-refractivity contribution in [1.29, 1.82) is 0 Å². The number of hydrogen-bond donors (Lipinski definition) is 0. The van der Waals surface area contributed by atoms with Gasteiger partial charge in [0.2, 0.25) is 0 Å². The molecule has 1 aromatic carbocycles. The van der Waals surface area contributed by atoms with E-state index in [1.54, 1.807) is 6.92 Å². The Labute approximate surface area is 164 Å². The maximum Gasteiger partial charge on any atom is 0.132 e. The molecule has 27 heavy (non-hydrogen) atoms. The van der Waals surface area contributed by atoms with Crippen molar-refractivity contribution in [1.82, 2.24) is 0 Å². The van der Waals surface area contributed by atoms with E-state index in [2.05, 4.69) is 6.08 Å². The average Bonchev–Trinajstić information content (AvgIpc) is 2.67. The number of carbonyl (C=O) groups excluding carboxylic acids is 1. The van der Waals surface area contributed by atoms with Crippen molar-refractivity contribution >= 4 is 5.78 Å². The van der Waals surface area contributed by atoms with E-state index in [9.17, 15) is 4.79 Å². The van der Waals surface area contributed by atoms with E-state index < -0.39 is 0 Å². The lowest BCUT2D eigenvalue weighted by atomic mass is 9.67. The number of rotatable bonds is 8. The lowest BCUT2D eigenvalue weighted by molar-refractivity contribution is -0.119. The minimum atomic E-state index is -0.159. The summed E-state index contributed by atoms with van der Waals surface area (Å²) in [6.07, 6.45) is 13.5. The largest absolute Gasteiger partial charge is 0.489 e. The first-order valence-corrected chi connectivity index (χ1v) is 10.6. The summed E-state index contributed by atoms with van der Waals surface area (Å²) < 4.78 is 11.8. The third-order valence-electron chi connectivity index (χ3n) is 6.05. The van der Waals surface area contributed by atoms with Crippen LogP contribution in [-0.4, -0.2) is 19.0 Å². The van der Waals surface area contributed by atoms with Crippen molar-refractivity contribution in [3.8, 4) is 5.75 Å². The van der Waals surface area contributed by atoms with E-state index in [1.807, 2.05) is 31.2 Å². The summed E-state index contributed by atoms with van der Waals surface area (Å²) in [6.45, 7) is 4.87. The van der Waals surface area contributed by atoms with Crippen molar-refractivity contribution in [2.24, 2.45) is 5.41 Å². The van der Waals surface area contributed by atoms with Crippen LogP contribution >= 0.6 is 0 Å². The molecule has 0 radical (unpaired) electrons. The number of ketones is 1. The second-order valence-corrected chi connectivity index (χ2v) is 8.29. The number of ether oxygens (including phenoxy) is 2. The summed E-state index contributed by atoms with van der Waals surface area (Å²) >= 11 is 0. The molecule has 148 valence electrons. The van der Waals surface area contributed by atoms with Gasteiger partial charge in [0.25, 0.3) is 0 Å². The molecule has 3 heteroatoms. The molecule has 1 spiro atoms. The molecule has 2 aliphatic carbocycles. The van der Waals surface area contributed by atoms with Gasteiger partial charge in [0.15, 0.2) is 0 Å². The number of hydrogen-bond acceptors (Lipinski definition) is 3. The maximum atomic E-state index is 11.5. The quantitative estimate of drug-likeness (QED) is 0.512. The maximum absolute atomic E-state index is 11.5. The van der Waals surface area contributed by atoms with E-state index in [-0.39, 0.29) is 11.9 Å². The molecule has 0 saturated heterocycles. The Morgan fingerprint density at radius 2 is 1.78 bits per heavy atom. The molecule has 0 aliphatic heterocycles. The van der Waals surface area contributed by atoms with Gasteiger partial charge in [0, 0.05) is 13.0 Å².